The van der Waals surface area contributed by atoms with E-state index >= 15 is 0 Å². The summed E-state index contributed by atoms with van der Waals surface area (Å²) in [5.41, 5.74) is 0.581. The highest BCUT2D eigenvalue weighted by atomic mass is 35.5. The summed E-state index contributed by atoms with van der Waals surface area (Å²) in [6, 6.07) is 7.15. The lowest BCUT2D eigenvalue weighted by atomic mass is 10.2. The van der Waals surface area contributed by atoms with Gasteiger partial charge in [0.2, 0.25) is 0 Å². The summed E-state index contributed by atoms with van der Waals surface area (Å²) in [5.74, 6) is -0.00551. The van der Waals surface area contributed by atoms with E-state index in [1.54, 1.807) is 24.1 Å². The average molecular weight is 226 g/mol. The van der Waals surface area contributed by atoms with Crippen molar-refractivity contribution in [2.45, 2.75) is 19.8 Å². The molecule has 0 heterocycles. The van der Waals surface area contributed by atoms with Gasteiger partial charge in [0.1, 0.15) is 0 Å². The number of halogens is 1. The monoisotopic (exact) mass is 225 g/mol. The molecule has 0 fully saturated rings. The second-order valence-corrected chi connectivity index (χ2v) is 3.97. The highest BCUT2D eigenvalue weighted by Gasteiger charge is 2.13. The van der Waals surface area contributed by atoms with Gasteiger partial charge in [-0.15, -0.1) is 0 Å². The topological polar surface area (TPSA) is 20.3 Å². The van der Waals surface area contributed by atoms with E-state index in [2.05, 4.69) is 6.92 Å². The van der Waals surface area contributed by atoms with Crippen LogP contribution in [0.2, 0.25) is 5.02 Å². The largest absolute Gasteiger partial charge is 0.342 e. The Labute approximate surface area is 95.8 Å². The number of amides is 1. The van der Waals surface area contributed by atoms with Crippen LogP contribution in [0.4, 0.5) is 0 Å². The van der Waals surface area contributed by atoms with Crippen LogP contribution in [-0.2, 0) is 0 Å². The van der Waals surface area contributed by atoms with Crippen LogP contribution in [0.15, 0.2) is 24.3 Å². The van der Waals surface area contributed by atoms with Gasteiger partial charge in [0.15, 0.2) is 0 Å². The maximum absolute atomic E-state index is 11.9. The van der Waals surface area contributed by atoms with Crippen molar-refractivity contribution in [3.63, 3.8) is 0 Å². The molecule has 0 atom stereocenters. The molecule has 0 saturated heterocycles. The summed E-state index contributed by atoms with van der Waals surface area (Å²) in [7, 11) is 1.81. The van der Waals surface area contributed by atoms with Gasteiger partial charge in [-0.1, -0.05) is 37.1 Å². The van der Waals surface area contributed by atoms with Crippen LogP contribution >= 0.6 is 11.6 Å². The quantitative estimate of drug-likeness (QED) is 0.771. The molecule has 0 bridgehead atoms. The summed E-state index contributed by atoms with van der Waals surface area (Å²) in [4.78, 5) is 13.6. The molecule has 0 unspecified atom stereocenters. The molecule has 0 radical (unpaired) electrons. The number of unbranched alkanes of at least 4 members (excludes halogenated alkanes) is 1. The molecule has 15 heavy (non-hydrogen) atoms. The van der Waals surface area contributed by atoms with Crippen molar-refractivity contribution in [3.8, 4) is 0 Å². The van der Waals surface area contributed by atoms with Crippen LogP contribution in [-0.4, -0.2) is 24.4 Å². The fraction of sp³-hybridized carbons (Fsp3) is 0.417. The first-order valence-corrected chi connectivity index (χ1v) is 5.54. The fourth-order valence-corrected chi connectivity index (χ4v) is 1.55. The van der Waals surface area contributed by atoms with E-state index in [-0.39, 0.29) is 5.91 Å². The first kappa shape index (κ1) is 12.1. The smallest absolute Gasteiger partial charge is 0.255 e. The van der Waals surface area contributed by atoms with E-state index in [1.807, 2.05) is 12.1 Å². The van der Waals surface area contributed by atoms with Crippen molar-refractivity contribution in [1.82, 2.24) is 4.90 Å². The first-order valence-electron chi connectivity index (χ1n) is 5.16. The lowest BCUT2D eigenvalue weighted by Gasteiger charge is -2.17. The zero-order chi connectivity index (χ0) is 11.3. The molecule has 0 aliphatic heterocycles. The van der Waals surface area contributed by atoms with Crippen molar-refractivity contribution >= 4 is 17.5 Å². The van der Waals surface area contributed by atoms with E-state index in [4.69, 9.17) is 11.6 Å². The molecule has 1 aromatic rings. The Bertz CT molecular complexity index is 338. The maximum atomic E-state index is 11.9. The van der Waals surface area contributed by atoms with E-state index in [0.29, 0.717) is 10.6 Å². The standard InChI is InChI=1S/C12H16ClNO/c1-3-4-9-14(2)12(15)10-7-5-6-8-11(10)13/h5-8H,3-4,9H2,1-2H3. The zero-order valence-corrected chi connectivity index (χ0v) is 9.92. The van der Waals surface area contributed by atoms with Crippen LogP contribution in [0.25, 0.3) is 0 Å². The average Bonchev–Trinajstić information content (AvgIpc) is 2.25. The molecular formula is C12H16ClNO. The Morgan fingerprint density at radius 3 is 2.67 bits per heavy atom. The molecule has 82 valence electrons. The molecule has 2 nitrogen and oxygen atoms in total. The van der Waals surface area contributed by atoms with Crippen molar-refractivity contribution in [1.29, 1.82) is 0 Å². The first-order chi connectivity index (χ1) is 7.16. The van der Waals surface area contributed by atoms with Crippen molar-refractivity contribution in [2.24, 2.45) is 0 Å². The Balaban J connectivity index is 2.72. The summed E-state index contributed by atoms with van der Waals surface area (Å²) < 4.78 is 0. The molecule has 1 amide bonds. The van der Waals surface area contributed by atoms with Gasteiger partial charge in [-0.3, -0.25) is 4.79 Å². The molecule has 0 aromatic heterocycles. The minimum absolute atomic E-state index is 0.00551. The number of carbonyl (C=O) groups excluding carboxylic acids is 1. The molecule has 3 heteroatoms. The Kier molecular flexibility index (Phi) is 4.63. The van der Waals surface area contributed by atoms with Crippen molar-refractivity contribution in [2.75, 3.05) is 13.6 Å². The molecular weight excluding hydrogens is 210 g/mol. The Hall–Kier alpha value is -1.02. The van der Waals surface area contributed by atoms with Gasteiger partial charge in [0.05, 0.1) is 10.6 Å². The predicted octanol–water partition coefficient (Wildman–Crippen LogP) is 3.21. The predicted molar refractivity (Wildman–Crippen MR) is 63.3 cm³/mol. The Morgan fingerprint density at radius 2 is 2.07 bits per heavy atom. The molecule has 0 spiro atoms. The van der Waals surface area contributed by atoms with Gasteiger partial charge in [-0.05, 0) is 18.6 Å². The van der Waals surface area contributed by atoms with Gasteiger partial charge in [-0.25, -0.2) is 0 Å². The molecule has 1 aromatic carbocycles. The number of benzene rings is 1. The van der Waals surface area contributed by atoms with Gasteiger partial charge in [0.25, 0.3) is 5.91 Å². The van der Waals surface area contributed by atoms with Crippen LogP contribution in [0.3, 0.4) is 0 Å². The molecule has 0 aliphatic rings. The molecule has 0 N–H and O–H groups in total. The van der Waals surface area contributed by atoms with Crippen LogP contribution < -0.4 is 0 Å². The second-order valence-electron chi connectivity index (χ2n) is 3.56. The number of hydrogen-bond acceptors (Lipinski definition) is 1. The number of rotatable bonds is 4. The second kappa shape index (κ2) is 5.76. The van der Waals surface area contributed by atoms with E-state index in [9.17, 15) is 4.79 Å². The molecule has 0 aliphatic carbocycles. The van der Waals surface area contributed by atoms with Gasteiger partial charge < -0.3 is 4.90 Å². The third-order valence-corrected chi connectivity index (χ3v) is 2.63. The van der Waals surface area contributed by atoms with Crippen LogP contribution in [0.5, 0.6) is 0 Å². The summed E-state index contributed by atoms with van der Waals surface area (Å²) in [6.07, 6.45) is 2.10. The number of carbonyl (C=O) groups is 1. The fourth-order valence-electron chi connectivity index (χ4n) is 1.34. The summed E-state index contributed by atoms with van der Waals surface area (Å²) in [5, 5.41) is 0.519. The zero-order valence-electron chi connectivity index (χ0n) is 9.16. The highest BCUT2D eigenvalue weighted by Crippen LogP contribution is 2.16. The van der Waals surface area contributed by atoms with E-state index < -0.39 is 0 Å². The Morgan fingerprint density at radius 1 is 1.40 bits per heavy atom. The van der Waals surface area contributed by atoms with Crippen molar-refractivity contribution < 1.29 is 4.79 Å². The van der Waals surface area contributed by atoms with E-state index in [0.717, 1.165) is 19.4 Å². The lowest BCUT2D eigenvalue weighted by Crippen LogP contribution is -2.27. The van der Waals surface area contributed by atoms with E-state index in [1.165, 1.54) is 0 Å². The van der Waals surface area contributed by atoms with Gasteiger partial charge in [-0.2, -0.15) is 0 Å². The lowest BCUT2D eigenvalue weighted by molar-refractivity contribution is 0.0793. The minimum Gasteiger partial charge on any atom is -0.342 e. The van der Waals surface area contributed by atoms with Gasteiger partial charge >= 0.3 is 0 Å². The molecule has 0 saturated carbocycles. The normalized spacial score (nSPS) is 10.1. The maximum Gasteiger partial charge on any atom is 0.255 e. The SMILES string of the molecule is CCCCN(C)C(=O)c1ccccc1Cl. The summed E-state index contributed by atoms with van der Waals surface area (Å²) >= 11 is 5.95. The highest BCUT2D eigenvalue weighted by molar-refractivity contribution is 6.33. The van der Waals surface area contributed by atoms with Gasteiger partial charge in [0, 0.05) is 13.6 Å². The summed E-state index contributed by atoms with van der Waals surface area (Å²) in [6.45, 7) is 2.88. The van der Waals surface area contributed by atoms with Crippen molar-refractivity contribution in [3.05, 3.63) is 34.9 Å². The minimum atomic E-state index is -0.00551. The van der Waals surface area contributed by atoms with Crippen LogP contribution in [0.1, 0.15) is 30.1 Å². The van der Waals surface area contributed by atoms with Crippen LogP contribution in [0, 0.1) is 0 Å². The number of hydrogen-bond donors (Lipinski definition) is 0. The number of nitrogens with zero attached hydrogens (tertiary/aromatic N) is 1. The third-order valence-electron chi connectivity index (χ3n) is 2.30. The third kappa shape index (κ3) is 3.24. The molecule has 1 rings (SSSR count).